The maximum absolute atomic E-state index is 13.0. The molecule has 0 bridgehead atoms. The number of aryl methyl sites for hydroxylation is 1. The smallest absolute Gasteiger partial charge is 0.274 e. The van der Waals surface area contributed by atoms with E-state index in [4.69, 9.17) is 4.98 Å². The number of hydrogen-bond acceptors (Lipinski definition) is 5. The molecule has 6 nitrogen and oxygen atoms in total. The van der Waals surface area contributed by atoms with Crippen LogP contribution in [0.3, 0.4) is 0 Å². The number of nitrogens with zero attached hydrogens (tertiary/aromatic N) is 5. The van der Waals surface area contributed by atoms with E-state index in [1.807, 2.05) is 71.1 Å². The van der Waals surface area contributed by atoms with Gasteiger partial charge in [-0.3, -0.25) is 9.69 Å². The van der Waals surface area contributed by atoms with Crippen molar-refractivity contribution in [3.63, 3.8) is 0 Å². The van der Waals surface area contributed by atoms with E-state index in [0.717, 1.165) is 47.3 Å². The minimum Gasteiger partial charge on any atom is -0.335 e. The number of carbonyl (C=O) groups excluding carboxylic acids is 1. The topological polar surface area (TPSA) is 54.3 Å². The Bertz CT molecular complexity index is 1190. The molecule has 0 aliphatic carbocycles. The van der Waals surface area contributed by atoms with Crippen LogP contribution in [0.1, 0.15) is 21.9 Å². The molecule has 0 spiro atoms. The van der Waals surface area contributed by atoms with Crippen LogP contribution in [0.15, 0.2) is 72.1 Å². The lowest BCUT2D eigenvalue weighted by molar-refractivity contribution is 0.0621. The number of para-hydroxylation sites is 1. The molecular weight excluding hydrogens is 418 g/mol. The highest BCUT2D eigenvalue weighted by Crippen LogP contribution is 2.24. The molecular formula is C25H25N5OS. The van der Waals surface area contributed by atoms with Crippen molar-refractivity contribution >= 4 is 17.2 Å². The lowest BCUT2D eigenvalue weighted by Gasteiger charge is -2.34. The van der Waals surface area contributed by atoms with Crippen LogP contribution in [0.25, 0.3) is 16.3 Å². The third kappa shape index (κ3) is 4.35. The molecule has 0 unspecified atom stereocenters. The molecule has 5 rings (SSSR count). The molecule has 2 aromatic heterocycles. The number of rotatable bonds is 5. The van der Waals surface area contributed by atoms with Gasteiger partial charge in [-0.25, -0.2) is 9.67 Å². The van der Waals surface area contributed by atoms with Gasteiger partial charge in [0, 0.05) is 49.4 Å². The molecule has 1 aliphatic heterocycles. The van der Waals surface area contributed by atoms with E-state index in [9.17, 15) is 4.79 Å². The van der Waals surface area contributed by atoms with E-state index in [-0.39, 0.29) is 5.91 Å². The van der Waals surface area contributed by atoms with Gasteiger partial charge < -0.3 is 4.90 Å². The van der Waals surface area contributed by atoms with Gasteiger partial charge in [-0.05, 0) is 25.1 Å². The van der Waals surface area contributed by atoms with Gasteiger partial charge in [0.1, 0.15) is 5.01 Å². The summed E-state index contributed by atoms with van der Waals surface area (Å²) in [6.07, 6.45) is 0. The van der Waals surface area contributed by atoms with Crippen molar-refractivity contribution in [1.29, 1.82) is 0 Å². The van der Waals surface area contributed by atoms with Crippen LogP contribution in [0.5, 0.6) is 0 Å². The lowest BCUT2D eigenvalue weighted by Crippen LogP contribution is -2.48. The number of piperazine rings is 1. The number of hydrogen-bond donors (Lipinski definition) is 0. The van der Waals surface area contributed by atoms with Crippen LogP contribution in [-0.4, -0.2) is 56.7 Å². The van der Waals surface area contributed by atoms with Gasteiger partial charge in [0.25, 0.3) is 5.91 Å². The van der Waals surface area contributed by atoms with Gasteiger partial charge in [0.05, 0.1) is 11.4 Å². The monoisotopic (exact) mass is 443 g/mol. The Hall–Kier alpha value is -3.29. The van der Waals surface area contributed by atoms with E-state index in [1.54, 1.807) is 11.3 Å². The van der Waals surface area contributed by atoms with E-state index in [0.29, 0.717) is 18.8 Å². The summed E-state index contributed by atoms with van der Waals surface area (Å²) < 4.78 is 1.83. The standard InChI is InChI=1S/C25H25N5OS/c1-19-16-23(27-30(19)22-10-6-3-7-11-22)25(31)29-14-12-28(13-15-29)17-21-18-32-24(26-21)20-8-4-2-5-9-20/h2-11,16,18H,12-15,17H2,1H3. The fourth-order valence-electron chi connectivity index (χ4n) is 4.00. The van der Waals surface area contributed by atoms with Crippen molar-refractivity contribution in [2.45, 2.75) is 13.5 Å². The van der Waals surface area contributed by atoms with Crippen LogP contribution < -0.4 is 0 Å². The van der Waals surface area contributed by atoms with Crippen molar-refractivity contribution in [2.75, 3.05) is 26.2 Å². The molecule has 2 aromatic carbocycles. The van der Waals surface area contributed by atoms with E-state index in [1.165, 1.54) is 0 Å². The summed E-state index contributed by atoms with van der Waals surface area (Å²) in [4.78, 5) is 22.1. The van der Waals surface area contributed by atoms with Crippen molar-refractivity contribution in [2.24, 2.45) is 0 Å². The van der Waals surface area contributed by atoms with Gasteiger partial charge in [0.15, 0.2) is 5.69 Å². The Kier molecular flexibility index (Phi) is 5.83. The van der Waals surface area contributed by atoms with Crippen molar-refractivity contribution < 1.29 is 4.79 Å². The van der Waals surface area contributed by atoms with Crippen LogP contribution in [-0.2, 0) is 6.54 Å². The van der Waals surface area contributed by atoms with Crippen LogP contribution >= 0.6 is 11.3 Å². The molecule has 0 radical (unpaired) electrons. The number of benzene rings is 2. The zero-order valence-electron chi connectivity index (χ0n) is 18.0. The second-order valence-electron chi connectivity index (χ2n) is 8.00. The Morgan fingerprint density at radius 2 is 1.66 bits per heavy atom. The van der Waals surface area contributed by atoms with Crippen molar-refractivity contribution in [1.82, 2.24) is 24.6 Å². The summed E-state index contributed by atoms with van der Waals surface area (Å²) >= 11 is 1.68. The molecule has 3 heterocycles. The summed E-state index contributed by atoms with van der Waals surface area (Å²) in [7, 11) is 0. The summed E-state index contributed by atoms with van der Waals surface area (Å²) in [5.41, 5.74) is 4.67. The normalized spacial score (nSPS) is 14.6. The maximum atomic E-state index is 13.0. The first kappa shape index (κ1) is 20.6. The van der Waals surface area contributed by atoms with Gasteiger partial charge in [-0.2, -0.15) is 5.10 Å². The minimum absolute atomic E-state index is 0.00227. The third-order valence-electron chi connectivity index (χ3n) is 5.72. The highest BCUT2D eigenvalue weighted by molar-refractivity contribution is 7.13. The Balaban J connectivity index is 1.19. The number of carbonyl (C=O) groups is 1. The molecule has 7 heteroatoms. The van der Waals surface area contributed by atoms with Crippen molar-refractivity contribution in [3.8, 4) is 16.3 Å². The molecule has 0 N–H and O–H groups in total. The van der Waals surface area contributed by atoms with E-state index < -0.39 is 0 Å². The molecule has 0 saturated carbocycles. The van der Waals surface area contributed by atoms with Gasteiger partial charge in [0.2, 0.25) is 0 Å². The van der Waals surface area contributed by atoms with Crippen LogP contribution in [0.2, 0.25) is 0 Å². The average molecular weight is 444 g/mol. The highest BCUT2D eigenvalue weighted by Gasteiger charge is 2.25. The fourth-order valence-corrected chi connectivity index (χ4v) is 4.82. The summed E-state index contributed by atoms with van der Waals surface area (Å²) in [6, 6.07) is 22.1. The zero-order chi connectivity index (χ0) is 21.9. The molecule has 1 saturated heterocycles. The van der Waals surface area contributed by atoms with Gasteiger partial charge in [-0.15, -0.1) is 11.3 Å². The van der Waals surface area contributed by atoms with E-state index in [2.05, 4.69) is 27.5 Å². The quantitative estimate of drug-likeness (QED) is 0.462. The van der Waals surface area contributed by atoms with Crippen LogP contribution in [0, 0.1) is 6.92 Å². The number of amides is 1. The second-order valence-corrected chi connectivity index (χ2v) is 8.85. The minimum atomic E-state index is 0.00227. The Morgan fingerprint density at radius 3 is 2.38 bits per heavy atom. The fraction of sp³-hybridized carbons (Fsp3) is 0.240. The Morgan fingerprint density at radius 1 is 0.969 bits per heavy atom. The van der Waals surface area contributed by atoms with Gasteiger partial charge >= 0.3 is 0 Å². The molecule has 4 aromatic rings. The predicted octanol–water partition coefficient (Wildman–Crippen LogP) is 4.26. The van der Waals surface area contributed by atoms with E-state index >= 15 is 0 Å². The molecule has 162 valence electrons. The first-order valence-electron chi connectivity index (χ1n) is 10.8. The second kappa shape index (κ2) is 9.06. The summed E-state index contributed by atoms with van der Waals surface area (Å²) in [5.74, 6) is 0.00227. The largest absolute Gasteiger partial charge is 0.335 e. The molecule has 1 fully saturated rings. The summed E-state index contributed by atoms with van der Waals surface area (Å²) in [6.45, 7) is 5.86. The summed E-state index contributed by atoms with van der Waals surface area (Å²) in [5, 5.41) is 7.77. The van der Waals surface area contributed by atoms with Crippen molar-refractivity contribution in [3.05, 3.63) is 89.2 Å². The first-order chi connectivity index (χ1) is 15.7. The Labute approximate surface area is 191 Å². The zero-order valence-corrected chi connectivity index (χ0v) is 18.8. The lowest BCUT2D eigenvalue weighted by atomic mass is 10.2. The van der Waals surface area contributed by atoms with Crippen LogP contribution in [0.4, 0.5) is 0 Å². The third-order valence-corrected chi connectivity index (χ3v) is 6.67. The average Bonchev–Trinajstić information content (AvgIpc) is 3.47. The predicted molar refractivity (Wildman–Crippen MR) is 127 cm³/mol. The SMILES string of the molecule is Cc1cc(C(=O)N2CCN(Cc3csc(-c4ccccc4)n3)CC2)nn1-c1ccccc1. The maximum Gasteiger partial charge on any atom is 0.274 e. The number of thiazole rings is 1. The molecule has 0 atom stereocenters. The van der Waals surface area contributed by atoms with Gasteiger partial charge in [-0.1, -0.05) is 48.5 Å². The highest BCUT2D eigenvalue weighted by atomic mass is 32.1. The first-order valence-corrected chi connectivity index (χ1v) is 11.7. The number of aromatic nitrogens is 3. The molecule has 1 amide bonds. The molecule has 32 heavy (non-hydrogen) atoms. The molecule has 1 aliphatic rings.